The highest BCUT2D eigenvalue weighted by Crippen LogP contribution is 2.48. The van der Waals surface area contributed by atoms with Crippen LogP contribution in [0.5, 0.6) is 0 Å². The Morgan fingerprint density at radius 1 is 0.315 bits per heavy atom. The molecular weight excluding hydrogens is 655 g/mol. The molecule has 54 heavy (non-hydrogen) atoms. The smallest absolute Gasteiger partial charge is 0.137 e. The summed E-state index contributed by atoms with van der Waals surface area (Å²) >= 11 is 0. The van der Waals surface area contributed by atoms with Gasteiger partial charge in [-0.25, -0.2) is 0 Å². The van der Waals surface area contributed by atoms with Crippen LogP contribution in [0.3, 0.4) is 0 Å². The average Bonchev–Trinajstić information content (AvgIpc) is 3.61. The van der Waals surface area contributed by atoms with Crippen LogP contribution in [0.1, 0.15) is 0 Å². The molecule has 0 saturated carbocycles. The molecule has 1 heterocycles. The van der Waals surface area contributed by atoms with Crippen molar-refractivity contribution in [3.05, 3.63) is 200 Å². The number of fused-ring (bicyclic) bond motifs is 8. The predicted octanol–water partition coefficient (Wildman–Crippen LogP) is 15.0. The number of hydrogen-bond donors (Lipinski definition) is 0. The molecule has 0 bridgehead atoms. The summed E-state index contributed by atoms with van der Waals surface area (Å²) in [6.45, 7) is 0. The lowest BCUT2D eigenvalue weighted by Gasteiger charge is -2.29. The largest absolute Gasteiger partial charge is 0.456 e. The second-order valence-electron chi connectivity index (χ2n) is 14.1. The van der Waals surface area contributed by atoms with Crippen molar-refractivity contribution in [2.75, 3.05) is 4.90 Å². The van der Waals surface area contributed by atoms with Crippen molar-refractivity contribution in [3.63, 3.8) is 0 Å². The van der Waals surface area contributed by atoms with E-state index in [1.54, 1.807) is 0 Å². The van der Waals surface area contributed by atoms with E-state index in [4.69, 9.17) is 4.42 Å². The molecule has 0 unspecified atom stereocenters. The highest BCUT2D eigenvalue weighted by atomic mass is 16.3. The lowest BCUT2D eigenvalue weighted by atomic mass is 9.92. The minimum absolute atomic E-state index is 0.864. The molecule has 0 amide bonds. The van der Waals surface area contributed by atoms with Crippen LogP contribution in [0.2, 0.25) is 0 Å². The van der Waals surface area contributed by atoms with E-state index in [-0.39, 0.29) is 0 Å². The molecule has 0 N–H and O–H groups in total. The third-order valence-electron chi connectivity index (χ3n) is 11.0. The van der Waals surface area contributed by atoms with Crippen molar-refractivity contribution in [1.29, 1.82) is 0 Å². The topological polar surface area (TPSA) is 16.4 Å². The standard InChI is InChI=1S/C52H33NO/c1-2-13-34(14-3-1)38-26-25-35-27-28-41(30-40(35)29-38)53(49-23-12-24-50-52(49)47-31-36-15-4-5-16-37(36)33-51(47)54-50)48-22-11-10-21-45(48)46-32-39-17-6-7-18-42(39)43-19-8-9-20-44(43)46/h1-33H. The SMILES string of the molecule is c1ccc(-c2ccc3ccc(N(c4ccccc4-c4cc5ccccc5c5ccccc45)c4cccc5oc6cc7ccccc7cc6c45)cc3c2)cc1. The van der Waals surface area contributed by atoms with Gasteiger partial charge in [0.1, 0.15) is 11.2 Å². The van der Waals surface area contributed by atoms with E-state index in [1.165, 1.54) is 59.8 Å². The zero-order valence-corrected chi connectivity index (χ0v) is 29.4. The third-order valence-corrected chi connectivity index (χ3v) is 11.0. The third kappa shape index (κ3) is 4.88. The van der Waals surface area contributed by atoms with E-state index in [0.717, 1.165) is 44.6 Å². The van der Waals surface area contributed by atoms with Crippen molar-refractivity contribution in [1.82, 2.24) is 0 Å². The van der Waals surface area contributed by atoms with Crippen LogP contribution in [-0.2, 0) is 0 Å². The van der Waals surface area contributed by atoms with Gasteiger partial charge in [-0.05, 0) is 114 Å². The van der Waals surface area contributed by atoms with Crippen LogP contribution in [-0.4, -0.2) is 0 Å². The first-order chi connectivity index (χ1) is 26.8. The van der Waals surface area contributed by atoms with Crippen molar-refractivity contribution in [2.24, 2.45) is 0 Å². The van der Waals surface area contributed by atoms with Gasteiger partial charge in [-0.2, -0.15) is 0 Å². The first-order valence-electron chi connectivity index (χ1n) is 18.5. The highest BCUT2D eigenvalue weighted by molar-refractivity contribution is 6.18. The van der Waals surface area contributed by atoms with E-state index < -0.39 is 0 Å². The van der Waals surface area contributed by atoms with Gasteiger partial charge in [0.05, 0.1) is 16.8 Å². The molecule has 0 saturated heterocycles. The minimum atomic E-state index is 0.864. The van der Waals surface area contributed by atoms with Gasteiger partial charge in [-0.1, -0.05) is 146 Å². The Morgan fingerprint density at radius 2 is 1.00 bits per heavy atom. The molecule has 0 fully saturated rings. The summed E-state index contributed by atoms with van der Waals surface area (Å²) in [6, 6.07) is 72.4. The number of furan rings is 1. The number of para-hydroxylation sites is 1. The summed E-state index contributed by atoms with van der Waals surface area (Å²) in [5.74, 6) is 0. The second-order valence-corrected chi connectivity index (χ2v) is 14.1. The van der Waals surface area contributed by atoms with E-state index in [9.17, 15) is 0 Å². The first kappa shape index (κ1) is 30.5. The Hall–Kier alpha value is -7.16. The maximum atomic E-state index is 6.65. The number of nitrogens with zero attached hydrogens (tertiary/aromatic N) is 1. The summed E-state index contributed by atoms with van der Waals surface area (Å²) in [5, 5.41) is 11.9. The van der Waals surface area contributed by atoms with E-state index in [1.807, 2.05) is 0 Å². The fraction of sp³-hybridized carbons (Fsp3) is 0. The van der Waals surface area contributed by atoms with Gasteiger partial charge in [-0.15, -0.1) is 0 Å². The molecule has 0 radical (unpaired) electrons. The van der Waals surface area contributed by atoms with Crippen molar-refractivity contribution in [3.8, 4) is 22.3 Å². The molecule has 2 nitrogen and oxygen atoms in total. The van der Waals surface area contributed by atoms with Gasteiger partial charge >= 0.3 is 0 Å². The highest BCUT2D eigenvalue weighted by Gasteiger charge is 2.23. The zero-order chi connectivity index (χ0) is 35.6. The van der Waals surface area contributed by atoms with Gasteiger partial charge in [0, 0.05) is 16.6 Å². The van der Waals surface area contributed by atoms with E-state index >= 15 is 0 Å². The Morgan fingerprint density at radius 3 is 1.87 bits per heavy atom. The van der Waals surface area contributed by atoms with Crippen LogP contribution in [0.25, 0.3) is 87.3 Å². The monoisotopic (exact) mass is 687 g/mol. The van der Waals surface area contributed by atoms with Crippen LogP contribution in [0.15, 0.2) is 205 Å². The summed E-state index contributed by atoms with van der Waals surface area (Å²) in [4.78, 5) is 2.44. The first-order valence-corrected chi connectivity index (χ1v) is 18.5. The molecule has 10 aromatic carbocycles. The Bertz CT molecular complexity index is 3230. The fourth-order valence-corrected chi connectivity index (χ4v) is 8.44. The summed E-state index contributed by atoms with van der Waals surface area (Å²) in [7, 11) is 0. The van der Waals surface area contributed by atoms with Gasteiger partial charge in [0.2, 0.25) is 0 Å². The van der Waals surface area contributed by atoms with E-state index in [2.05, 4.69) is 205 Å². The maximum Gasteiger partial charge on any atom is 0.137 e. The van der Waals surface area contributed by atoms with Crippen LogP contribution >= 0.6 is 0 Å². The van der Waals surface area contributed by atoms with Gasteiger partial charge in [0.25, 0.3) is 0 Å². The molecular formula is C52H33NO. The van der Waals surface area contributed by atoms with Crippen LogP contribution in [0.4, 0.5) is 17.1 Å². The molecule has 252 valence electrons. The number of anilines is 3. The predicted molar refractivity (Wildman–Crippen MR) is 229 cm³/mol. The number of hydrogen-bond acceptors (Lipinski definition) is 2. The summed E-state index contributed by atoms with van der Waals surface area (Å²) in [6.07, 6.45) is 0. The molecule has 2 heteroatoms. The quantitative estimate of drug-likeness (QED) is 0.168. The Kier molecular flexibility index (Phi) is 6.90. The summed E-state index contributed by atoms with van der Waals surface area (Å²) < 4.78 is 6.65. The minimum Gasteiger partial charge on any atom is -0.456 e. The van der Waals surface area contributed by atoms with Gasteiger partial charge in [-0.3, -0.25) is 0 Å². The van der Waals surface area contributed by atoms with Gasteiger partial charge < -0.3 is 9.32 Å². The lowest BCUT2D eigenvalue weighted by Crippen LogP contribution is -2.11. The number of benzene rings is 10. The molecule has 0 atom stereocenters. The van der Waals surface area contributed by atoms with Gasteiger partial charge in [0.15, 0.2) is 0 Å². The molecule has 0 aliphatic rings. The van der Waals surface area contributed by atoms with Crippen molar-refractivity contribution >= 4 is 82.1 Å². The molecule has 0 aliphatic carbocycles. The Labute approximate surface area is 312 Å². The summed E-state index contributed by atoms with van der Waals surface area (Å²) in [5.41, 5.74) is 9.76. The Balaban J connectivity index is 1.22. The zero-order valence-electron chi connectivity index (χ0n) is 29.4. The molecule has 11 aromatic rings. The second kappa shape index (κ2) is 12.2. The van der Waals surface area contributed by atoms with Crippen LogP contribution < -0.4 is 4.90 Å². The van der Waals surface area contributed by atoms with Crippen molar-refractivity contribution in [2.45, 2.75) is 0 Å². The van der Waals surface area contributed by atoms with Crippen LogP contribution in [0, 0.1) is 0 Å². The normalized spacial score (nSPS) is 11.7. The van der Waals surface area contributed by atoms with Crippen molar-refractivity contribution < 1.29 is 4.42 Å². The molecule has 0 spiro atoms. The maximum absolute atomic E-state index is 6.65. The molecule has 0 aliphatic heterocycles. The van der Waals surface area contributed by atoms with E-state index in [0.29, 0.717) is 0 Å². The lowest BCUT2D eigenvalue weighted by molar-refractivity contribution is 0.669. The fourth-order valence-electron chi connectivity index (χ4n) is 8.44. The molecule has 11 rings (SSSR count). The average molecular weight is 688 g/mol. The number of rotatable bonds is 5. The molecule has 1 aromatic heterocycles.